The molecule has 0 saturated heterocycles. The van der Waals surface area contributed by atoms with Crippen LogP contribution in [0.1, 0.15) is 0 Å². The quantitative estimate of drug-likeness (QED) is 0.187. The molecule has 0 fully saturated rings. The van der Waals surface area contributed by atoms with Gasteiger partial charge in [-0.2, -0.15) is 79.0 Å². The molecule has 0 N–H and O–H groups in total. The van der Waals surface area contributed by atoms with Crippen LogP contribution >= 0.6 is 0 Å². The summed E-state index contributed by atoms with van der Waals surface area (Å²) in [5, 5.41) is 29.5. The molecule has 0 bridgehead atoms. The van der Waals surface area contributed by atoms with Crippen LogP contribution in [0.15, 0.2) is 35.5 Å². The van der Waals surface area contributed by atoms with E-state index >= 15 is 0 Å². The van der Waals surface area contributed by atoms with E-state index in [1.807, 2.05) is 0 Å². The van der Waals surface area contributed by atoms with E-state index < -0.39 is 89.9 Å². The summed E-state index contributed by atoms with van der Waals surface area (Å²) >= 11 is 0. The van der Waals surface area contributed by atoms with E-state index in [9.17, 15) is 109 Å². The van der Waals surface area contributed by atoms with Crippen LogP contribution in [0, 0.1) is 0 Å². The van der Waals surface area contributed by atoms with Crippen LogP contribution in [0.5, 0.6) is 0 Å². The number of allylic oxidation sites excluding steroid dienone is 6. The molecule has 40 heavy (non-hydrogen) atoms. The standard InChI is InChI=1S/3C5H2F6O2.Tl/c3*6-4(7,8)2(12)1-3(13)5(9,10)11;/h3*1,12H;/q;;;+3/p-3. The van der Waals surface area contributed by atoms with Gasteiger partial charge >= 0.3 is 64.4 Å². The van der Waals surface area contributed by atoms with Crippen molar-refractivity contribution in [1.82, 2.24) is 0 Å². The second kappa shape index (κ2) is 15.3. The molecule has 0 rings (SSSR count). The summed E-state index contributed by atoms with van der Waals surface area (Å²) in [5.41, 5.74) is 0. The molecule has 0 amide bonds. The summed E-state index contributed by atoms with van der Waals surface area (Å²) in [4.78, 5) is 29.5. The third-order valence-corrected chi connectivity index (χ3v) is 2.46. The van der Waals surface area contributed by atoms with Crippen LogP contribution < -0.4 is 15.3 Å². The number of hydrogen-bond acceptors (Lipinski definition) is 6. The van der Waals surface area contributed by atoms with Gasteiger partial charge in [-0.15, -0.1) is 0 Å². The van der Waals surface area contributed by atoms with Crippen molar-refractivity contribution in [3.63, 3.8) is 0 Å². The molecule has 0 radical (unpaired) electrons. The third-order valence-electron chi connectivity index (χ3n) is 2.46. The molecule has 0 aliphatic rings. The van der Waals surface area contributed by atoms with Crippen molar-refractivity contribution in [1.29, 1.82) is 0 Å². The van der Waals surface area contributed by atoms with Crippen LogP contribution in [0.3, 0.4) is 0 Å². The summed E-state index contributed by atoms with van der Waals surface area (Å²) < 4.78 is 203. The van der Waals surface area contributed by atoms with Gasteiger partial charge in [0.15, 0.2) is 0 Å². The van der Waals surface area contributed by atoms with E-state index in [0.29, 0.717) is 0 Å². The molecule has 25 heteroatoms. The van der Waals surface area contributed by atoms with Crippen molar-refractivity contribution < 1.29 is 109 Å². The van der Waals surface area contributed by atoms with Gasteiger partial charge in [-0.1, -0.05) is 0 Å². The molecule has 0 saturated carbocycles. The van der Waals surface area contributed by atoms with Crippen LogP contribution in [0.25, 0.3) is 0 Å². The van der Waals surface area contributed by atoms with Gasteiger partial charge in [-0.3, -0.25) is 14.4 Å². The number of hydrogen-bond donors (Lipinski definition) is 0. The summed E-state index contributed by atoms with van der Waals surface area (Å²) in [5.74, 6) is -16.9. The zero-order valence-electron chi connectivity index (χ0n) is 17.6. The first-order valence-electron chi connectivity index (χ1n) is 7.86. The second-order valence-corrected chi connectivity index (χ2v) is 5.61. The second-order valence-electron chi connectivity index (χ2n) is 5.61. The number of carbonyl (C=O) groups excluding carboxylic acids is 3. The zero-order valence-corrected chi connectivity index (χ0v) is 22.1. The molecule has 0 aromatic rings. The fourth-order valence-corrected chi connectivity index (χ4v) is 0.848. The summed E-state index contributed by atoms with van der Waals surface area (Å²) in [6.45, 7) is 0. The SMILES string of the molecule is O=C(C=C([O-])C(F)(F)F)C(F)(F)F.O=C(C=C([O-])C(F)(F)F)C(F)(F)F.O=C(C=C([O-])C(F)(F)F)C(F)(F)F.[Tl+3]. The smallest absolute Gasteiger partial charge is 0.869 e. The minimum Gasteiger partial charge on any atom is -0.869 e. The van der Waals surface area contributed by atoms with E-state index in [2.05, 4.69) is 0 Å². The van der Waals surface area contributed by atoms with Crippen molar-refractivity contribution in [3.8, 4) is 0 Å². The maximum Gasteiger partial charge on any atom is 3.00 e. The van der Waals surface area contributed by atoms with E-state index in [0.717, 1.165) is 0 Å². The normalized spacial score (nSPS) is 14.1. The van der Waals surface area contributed by atoms with Gasteiger partial charge in [0.1, 0.15) is 0 Å². The maximum atomic E-state index is 11.3. The Hall–Kier alpha value is -2.71. The molecule has 0 aromatic heterocycles. The summed E-state index contributed by atoms with van der Waals surface area (Å²) in [7, 11) is 0. The molecule has 0 aliphatic carbocycles. The number of alkyl halides is 18. The Morgan fingerprint density at radius 1 is 0.350 bits per heavy atom. The molecule has 0 atom stereocenters. The van der Waals surface area contributed by atoms with Gasteiger partial charge in [-0.25, -0.2) is 0 Å². The Morgan fingerprint density at radius 3 is 0.550 bits per heavy atom. The summed E-state index contributed by atoms with van der Waals surface area (Å²) in [6.07, 6.45) is -35.8. The average molecular weight is 826 g/mol. The van der Waals surface area contributed by atoms with Crippen LogP contribution in [-0.4, -0.2) is 81.7 Å². The molecule has 0 aromatic carbocycles. The zero-order chi connectivity index (χ0) is 32.6. The molecule has 0 spiro atoms. The first kappa shape index (κ1) is 44.3. The van der Waals surface area contributed by atoms with E-state index in [1.165, 1.54) is 0 Å². The minimum absolute atomic E-state index is 0. The first-order valence-corrected chi connectivity index (χ1v) is 7.86. The van der Waals surface area contributed by atoms with Crippen molar-refractivity contribution >= 4 is 44.6 Å². The van der Waals surface area contributed by atoms with Crippen LogP contribution in [0.4, 0.5) is 79.0 Å². The van der Waals surface area contributed by atoms with Crippen LogP contribution in [-0.2, 0) is 14.4 Å². The third kappa shape index (κ3) is 20.2. The molecular weight excluding hydrogens is 823 g/mol. The monoisotopic (exact) mass is 826 g/mol. The molecule has 6 nitrogen and oxygen atoms in total. The van der Waals surface area contributed by atoms with Gasteiger partial charge in [-0.05, 0) is 35.5 Å². The van der Waals surface area contributed by atoms with Crippen molar-refractivity contribution in [2.75, 3.05) is 0 Å². The molecule has 0 aliphatic heterocycles. The Bertz CT molecular complexity index is 834. The predicted molar refractivity (Wildman–Crippen MR) is 81.4 cm³/mol. The minimum atomic E-state index is -5.46. The van der Waals surface area contributed by atoms with Gasteiger partial charge in [0.05, 0.1) is 0 Å². The fourth-order valence-electron chi connectivity index (χ4n) is 0.848. The number of ketones is 3. The Kier molecular flexibility index (Phi) is 17.0. The van der Waals surface area contributed by atoms with Crippen molar-refractivity contribution in [2.24, 2.45) is 0 Å². The van der Waals surface area contributed by atoms with Gasteiger partial charge in [0, 0.05) is 0 Å². The molecule has 0 unspecified atom stereocenters. The number of halogens is 18. The molecular formula is C15H3F18O6Tl. The van der Waals surface area contributed by atoms with Gasteiger partial charge < -0.3 is 15.3 Å². The van der Waals surface area contributed by atoms with Gasteiger partial charge in [0.25, 0.3) is 17.3 Å². The first-order chi connectivity index (χ1) is 16.6. The van der Waals surface area contributed by atoms with Crippen molar-refractivity contribution in [3.05, 3.63) is 35.5 Å². The van der Waals surface area contributed by atoms with Gasteiger partial charge in [0.2, 0.25) is 0 Å². The van der Waals surface area contributed by atoms with Crippen molar-refractivity contribution in [2.45, 2.75) is 37.1 Å². The number of rotatable bonds is 3. The van der Waals surface area contributed by atoms with E-state index in [1.54, 1.807) is 0 Å². The summed E-state index contributed by atoms with van der Waals surface area (Å²) in [6, 6.07) is 0. The number of carbonyl (C=O) groups is 3. The van der Waals surface area contributed by atoms with E-state index in [-0.39, 0.29) is 27.3 Å². The maximum absolute atomic E-state index is 11.3. The Labute approximate surface area is 226 Å². The Balaban J connectivity index is -0.000000240. The fraction of sp³-hybridized carbons (Fsp3) is 0.400. The largest absolute Gasteiger partial charge is 3.00 e. The van der Waals surface area contributed by atoms with Crippen LogP contribution in [0.2, 0.25) is 0 Å². The molecule has 0 heterocycles. The predicted octanol–water partition coefficient (Wildman–Crippen LogP) is 2.39. The molecule has 228 valence electrons. The topological polar surface area (TPSA) is 120 Å². The Morgan fingerprint density at radius 2 is 0.475 bits per heavy atom. The van der Waals surface area contributed by atoms with E-state index in [4.69, 9.17) is 0 Å². The average Bonchev–Trinajstić information content (AvgIpc) is 2.64.